The number of rotatable bonds is 5. The van der Waals surface area contributed by atoms with Gasteiger partial charge < -0.3 is 10.1 Å². The number of aryl methyl sites for hydroxylation is 1. The summed E-state index contributed by atoms with van der Waals surface area (Å²) in [5.41, 5.74) is 5.57. The van der Waals surface area contributed by atoms with Gasteiger partial charge in [-0.2, -0.15) is 0 Å². The molecule has 1 saturated heterocycles. The number of amides is 3. The quantitative estimate of drug-likeness (QED) is 0.391. The predicted octanol–water partition coefficient (Wildman–Crippen LogP) is 4.41. The third kappa shape index (κ3) is 3.64. The molecule has 2 bridgehead atoms. The van der Waals surface area contributed by atoms with Crippen LogP contribution in [0.5, 0.6) is 0 Å². The molecule has 0 unspecified atom stereocenters. The molecule has 4 aliphatic rings. The number of hydrogen-bond donors (Lipinski definition) is 1. The highest BCUT2D eigenvalue weighted by Gasteiger charge is 2.62. The maximum absolute atomic E-state index is 13.7. The highest BCUT2D eigenvalue weighted by Crippen LogP contribution is 2.61. The van der Waals surface area contributed by atoms with E-state index in [0.29, 0.717) is 10.7 Å². The highest BCUT2D eigenvalue weighted by atomic mass is 35.5. The molecule has 7 nitrogen and oxygen atoms in total. The molecule has 1 N–H and O–H groups in total. The van der Waals surface area contributed by atoms with Crippen LogP contribution in [0.2, 0.25) is 5.02 Å². The fourth-order valence-corrected chi connectivity index (χ4v) is 6.49. The van der Waals surface area contributed by atoms with Crippen LogP contribution in [0.15, 0.2) is 66.7 Å². The third-order valence-corrected chi connectivity index (χ3v) is 8.42. The zero-order chi connectivity index (χ0) is 26.7. The lowest BCUT2D eigenvalue weighted by Gasteiger charge is -2.45. The molecule has 1 fully saturated rings. The topological polar surface area (TPSA) is 92.8 Å². The molecule has 3 aromatic rings. The van der Waals surface area contributed by atoms with Crippen LogP contribution in [0.3, 0.4) is 0 Å². The van der Waals surface area contributed by atoms with Gasteiger partial charge in [0, 0.05) is 22.5 Å². The Balaban J connectivity index is 1.20. The van der Waals surface area contributed by atoms with Gasteiger partial charge in [0.15, 0.2) is 6.61 Å². The van der Waals surface area contributed by atoms with E-state index < -0.39 is 36.4 Å². The lowest BCUT2D eigenvalue weighted by Crippen LogP contribution is -2.45. The molecule has 3 aromatic carbocycles. The number of likely N-dealkylation sites (tertiary alicyclic amines) is 1. The Hall–Kier alpha value is -3.97. The maximum Gasteiger partial charge on any atom is 0.329 e. The summed E-state index contributed by atoms with van der Waals surface area (Å²) in [4.78, 5) is 53.8. The van der Waals surface area contributed by atoms with Crippen LogP contribution in [0.1, 0.15) is 46.6 Å². The summed E-state index contributed by atoms with van der Waals surface area (Å²) in [6.45, 7) is 2.76. The average Bonchev–Trinajstić information content (AvgIpc) is 3.19. The number of anilines is 1. The van der Waals surface area contributed by atoms with Crippen LogP contribution < -0.4 is 5.32 Å². The molecule has 3 aliphatic carbocycles. The Bertz CT molecular complexity index is 1400. The minimum absolute atomic E-state index is 0.255. The van der Waals surface area contributed by atoms with E-state index in [-0.39, 0.29) is 23.7 Å². The van der Waals surface area contributed by atoms with Crippen LogP contribution >= 0.6 is 11.6 Å². The molecule has 38 heavy (non-hydrogen) atoms. The lowest BCUT2D eigenvalue weighted by molar-refractivity contribution is -0.159. The normalized spacial score (nSPS) is 23.4. The van der Waals surface area contributed by atoms with Crippen molar-refractivity contribution in [3.8, 4) is 0 Å². The van der Waals surface area contributed by atoms with Crippen molar-refractivity contribution in [1.29, 1.82) is 0 Å². The second kappa shape index (κ2) is 9.10. The number of imide groups is 1. The molecule has 3 amide bonds. The van der Waals surface area contributed by atoms with Crippen molar-refractivity contribution in [2.75, 3.05) is 11.9 Å². The molecular formula is C30H25ClN2O5. The van der Waals surface area contributed by atoms with Crippen LogP contribution in [-0.2, 0) is 23.9 Å². The monoisotopic (exact) mass is 528 g/mol. The van der Waals surface area contributed by atoms with Gasteiger partial charge in [0.1, 0.15) is 6.04 Å². The SMILES string of the molecule is Cc1ccc(NC(=O)COC(=O)[C@H](C)N2C(=O)[C@H]3C4c5ccccc5C(c5ccccc54)[C@@H]3C2=O)cc1Cl. The number of benzene rings is 3. The van der Waals surface area contributed by atoms with E-state index in [2.05, 4.69) is 5.32 Å². The van der Waals surface area contributed by atoms with E-state index >= 15 is 0 Å². The first-order valence-electron chi connectivity index (χ1n) is 12.5. The zero-order valence-corrected chi connectivity index (χ0v) is 21.6. The summed E-state index contributed by atoms with van der Waals surface area (Å²) in [5.74, 6) is -3.79. The van der Waals surface area contributed by atoms with E-state index in [1.807, 2.05) is 55.5 Å². The molecular weight excluding hydrogens is 504 g/mol. The largest absolute Gasteiger partial charge is 0.454 e. The maximum atomic E-state index is 13.7. The Kier molecular flexibility index (Phi) is 5.83. The van der Waals surface area contributed by atoms with Gasteiger partial charge >= 0.3 is 5.97 Å². The smallest absolute Gasteiger partial charge is 0.329 e. The van der Waals surface area contributed by atoms with E-state index in [9.17, 15) is 19.2 Å². The Morgan fingerprint density at radius 3 is 1.87 bits per heavy atom. The Morgan fingerprint density at radius 2 is 1.39 bits per heavy atom. The van der Waals surface area contributed by atoms with Gasteiger partial charge in [-0.15, -0.1) is 0 Å². The summed E-state index contributed by atoms with van der Waals surface area (Å²) in [6.07, 6.45) is 0. The van der Waals surface area contributed by atoms with Gasteiger partial charge in [0.25, 0.3) is 5.91 Å². The standard InChI is InChI=1S/C30H25ClN2O5/c1-15-11-12-17(13-22(15)31)32-23(34)14-38-30(37)16(2)33-28(35)26-24-18-7-3-4-8-19(18)25(27(26)29(33)36)21-10-6-5-9-20(21)24/h3-13,16,24-27H,14H2,1-2H3,(H,32,34)/t16-,24?,25?,26-,27-/m0/s1. The van der Waals surface area contributed by atoms with Crippen LogP contribution in [0.4, 0.5) is 5.69 Å². The second-order valence-electron chi connectivity index (χ2n) is 10.1. The van der Waals surface area contributed by atoms with E-state index in [1.165, 1.54) is 6.92 Å². The predicted molar refractivity (Wildman–Crippen MR) is 141 cm³/mol. The summed E-state index contributed by atoms with van der Waals surface area (Å²) in [5, 5.41) is 3.12. The van der Waals surface area contributed by atoms with E-state index in [1.54, 1.807) is 18.2 Å². The number of carbonyl (C=O) groups excluding carboxylic acids is 4. The van der Waals surface area contributed by atoms with Gasteiger partial charge in [-0.25, -0.2) is 4.79 Å². The van der Waals surface area contributed by atoms with Gasteiger partial charge in [-0.3, -0.25) is 19.3 Å². The van der Waals surface area contributed by atoms with E-state index in [0.717, 1.165) is 32.7 Å². The number of halogens is 1. The van der Waals surface area contributed by atoms with Gasteiger partial charge in [0.05, 0.1) is 11.8 Å². The third-order valence-electron chi connectivity index (χ3n) is 8.01. The molecule has 3 atom stereocenters. The van der Waals surface area contributed by atoms with Crippen LogP contribution in [-0.4, -0.2) is 41.2 Å². The first-order chi connectivity index (χ1) is 18.3. The fourth-order valence-electron chi connectivity index (χ4n) is 6.31. The molecule has 8 heteroatoms. The number of esters is 1. The van der Waals surface area contributed by atoms with Crippen molar-refractivity contribution in [3.63, 3.8) is 0 Å². The summed E-state index contributed by atoms with van der Waals surface area (Å²) in [7, 11) is 0. The van der Waals surface area contributed by atoms with Crippen molar-refractivity contribution in [1.82, 2.24) is 4.90 Å². The van der Waals surface area contributed by atoms with Crippen molar-refractivity contribution in [2.24, 2.45) is 11.8 Å². The van der Waals surface area contributed by atoms with Gasteiger partial charge in [0.2, 0.25) is 11.8 Å². The fraction of sp³-hybridized carbons (Fsp3) is 0.267. The number of ether oxygens (including phenoxy) is 1. The first-order valence-corrected chi connectivity index (χ1v) is 12.9. The molecule has 1 heterocycles. The molecule has 0 spiro atoms. The number of hydrogen-bond acceptors (Lipinski definition) is 5. The summed E-state index contributed by atoms with van der Waals surface area (Å²) in [6, 6.07) is 19.8. The second-order valence-corrected chi connectivity index (χ2v) is 10.5. The number of nitrogens with one attached hydrogen (secondary N) is 1. The molecule has 0 aromatic heterocycles. The zero-order valence-electron chi connectivity index (χ0n) is 20.8. The van der Waals surface area contributed by atoms with Crippen molar-refractivity contribution in [3.05, 3.63) is 99.6 Å². The van der Waals surface area contributed by atoms with Crippen molar-refractivity contribution < 1.29 is 23.9 Å². The van der Waals surface area contributed by atoms with Crippen molar-refractivity contribution in [2.45, 2.75) is 31.7 Å². The molecule has 1 aliphatic heterocycles. The van der Waals surface area contributed by atoms with Gasteiger partial charge in [-0.1, -0.05) is 66.2 Å². The van der Waals surface area contributed by atoms with Crippen LogP contribution in [0, 0.1) is 18.8 Å². The lowest BCUT2D eigenvalue weighted by atomic mass is 9.55. The highest BCUT2D eigenvalue weighted by molar-refractivity contribution is 6.31. The average molecular weight is 529 g/mol. The Morgan fingerprint density at radius 1 is 0.895 bits per heavy atom. The van der Waals surface area contributed by atoms with Crippen molar-refractivity contribution >= 4 is 41.0 Å². The molecule has 0 saturated carbocycles. The van der Waals surface area contributed by atoms with E-state index in [4.69, 9.17) is 16.3 Å². The Labute approximate surface area is 224 Å². The molecule has 0 radical (unpaired) electrons. The summed E-state index contributed by atoms with van der Waals surface area (Å²) >= 11 is 6.10. The number of nitrogens with zero attached hydrogens (tertiary/aromatic N) is 1. The minimum Gasteiger partial charge on any atom is -0.454 e. The minimum atomic E-state index is -1.16. The molecule has 7 rings (SSSR count). The summed E-state index contributed by atoms with van der Waals surface area (Å²) < 4.78 is 5.22. The van der Waals surface area contributed by atoms with Crippen LogP contribution in [0.25, 0.3) is 0 Å². The first kappa shape index (κ1) is 24.4. The number of carbonyl (C=O) groups is 4. The molecule has 192 valence electrons. The van der Waals surface area contributed by atoms with Gasteiger partial charge in [-0.05, 0) is 53.8 Å².